The van der Waals surface area contributed by atoms with Gasteiger partial charge in [-0.1, -0.05) is 104 Å². The molecule has 0 radical (unpaired) electrons. The van der Waals surface area contributed by atoms with E-state index in [2.05, 4.69) is 20.8 Å². The van der Waals surface area contributed by atoms with Gasteiger partial charge in [-0.3, -0.25) is 0 Å². The van der Waals surface area contributed by atoms with Gasteiger partial charge in [0.15, 0.2) is 5.79 Å². The second kappa shape index (κ2) is 17.7. The fourth-order valence-electron chi connectivity index (χ4n) is 3.34. The summed E-state index contributed by atoms with van der Waals surface area (Å²) >= 11 is 0. The number of rotatable bonds is 19. The summed E-state index contributed by atoms with van der Waals surface area (Å²) in [5.41, 5.74) is 0. The maximum absolute atomic E-state index is 10.6. The third kappa shape index (κ3) is 15.4. The van der Waals surface area contributed by atoms with Crippen LogP contribution in [0.25, 0.3) is 0 Å². The second-order valence-electron chi connectivity index (χ2n) is 7.54. The molecule has 0 rings (SSSR count). The smallest absolute Gasteiger partial charge is 0.165 e. The Bertz CT molecular complexity index is 242. The van der Waals surface area contributed by atoms with E-state index in [4.69, 9.17) is 4.74 Å². The SMILES string of the molecule is CCCCCCCCCCCCOC(O)(CCC)CCCCCC. The Hall–Kier alpha value is -0.0800. The molecule has 0 saturated carbocycles. The molecule has 0 amide bonds. The Labute approximate surface area is 152 Å². The average molecular weight is 343 g/mol. The summed E-state index contributed by atoms with van der Waals surface area (Å²) in [4.78, 5) is 0. The van der Waals surface area contributed by atoms with Crippen molar-refractivity contribution in [1.82, 2.24) is 0 Å². The minimum Gasteiger partial charge on any atom is -0.365 e. The normalized spacial score (nSPS) is 14.0. The van der Waals surface area contributed by atoms with Crippen LogP contribution in [0.3, 0.4) is 0 Å². The van der Waals surface area contributed by atoms with E-state index in [0.717, 1.165) is 38.7 Å². The molecule has 0 bridgehead atoms. The molecule has 1 unspecified atom stereocenters. The van der Waals surface area contributed by atoms with Gasteiger partial charge in [-0.05, 0) is 12.8 Å². The van der Waals surface area contributed by atoms with Crippen LogP contribution in [0.4, 0.5) is 0 Å². The van der Waals surface area contributed by atoms with Gasteiger partial charge in [0.2, 0.25) is 0 Å². The van der Waals surface area contributed by atoms with Crippen LogP contribution >= 0.6 is 0 Å². The molecular formula is C22H46O2. The van der Waals surface area contributed by atoms with Crippen molar-refractivity contribution in [2.24, 2.45) is 0 Å². The molecule has 1 atom stereocenters. The lowest BCUT2D eigenvalue weighted by atomic mass is 10.0. The highest BCUT2D eigenvalue weighted by molar-refractivity contribution is 4.67. The number of aliphatic hydroxyl groups is 1. The van der Waals surface area contributed by atoms with Gasteiger partial charge in [0.25, 0.3) is 0 Å². The molecule has 0 aromatic heterocycles. The minimum absolute atomic E-state index is 0.723. The van der Waals surface area contributed by atoms with Crippen molar-refractivity contribution in [2.45, 2.75) is 136 Å². The minimum atomic E-state index is -0.859. The lowest BCUT2D eigenvalue weighted by molar-refractivity contribution is -0.213. The summed E-state index contributed by atoms with van der Waals surface area (Å²) in [5.74, 6) is -0.859. The monoisotopic (exact) mass is 342 g/mol. The molecule has 2 nitrogen and oxygen atoms in total. The maximum Gasteiger partial charge on any atom is 0.165 e. The molecular weight excluding hydrogens is 296 g/mol. The molecule has 0 heterocycles. The standard InChI is InChI=1S/C22H46O2/c1-4-7-9-11-12-13-14-15-16-18-21-24-22(23,19-6-3)20-17-10-8-5-2/h23H,4-21H2,1-3H3. The van der Waals surface area contributed by atoms with Crippen LogP contribution in [0.1, 0.15) is 130 Å². The van der Waals surface area contributed by atoms with Crippen LogP contribution in [0, 0.1) is 0 Å². The van der Waals surface area contributed by atoms with Crippen molar-refractivity contribution < 1.29 is 9.84 Å². The van der Waals surface area contributed by atoms with Gasteiger partial charge in [-0.2, -0.15) is 0 Å². The summed E-state index contributed by atoms with van der Waals surface area (Å²) < 4.78 is 5.88. The second-order valence-corrected chi connectivity index (χ2v) is 7.54. The van der Waals surface area contributed by atoms with Crippen molar-refractivity contribution in [1.29, 1.82) is 0 Å². The van der Waals surface area contributed by atoms with Gasteiger partial charge in [0, 0.05) is 12.8 Å². The number of hydrogen-bond acceptors (Lipinski definition) is 2. The largest absolute Gasteiger partial charge is 0.365 e. The van der Waals surface area contributed by atoms with Gasteiger partial charge in [-0.15, -0.1) is 0 Å². The zero-order valence-corrected chi connectivity index (χ0v) is 17.1. The molecule has 146 valence electrons. The van der Waals surface area contributed by atoms with Crippen molar-refractivity contribution >= 4 is 0 Å². The molecule has 0 aliphatic heterocycles. The van der Waals surface area contributed by atoms with Crippen LogP contribution in [0.2, 0.25) is 0 Å². The van der Waals surface area contributed by atoms with E-state index in [0.29, 0.717) is 0 Å². The highest BCUT2D eigenvalue weighted by Gasteiger charge is 2.25. The molecule has 0 aliphatic carbocycles. The Kier molecular flexibility index (Phi) is 17.7. The first-order valence-corrected chi connectivity index (χ1v) is 11.0. The van der Waals surface area contributed by atoms with Crippen molar-refractivity contribution in [3.8, 4) is 0 Å². The van der Waals surface area contributed by atoms with Gasteiger partial charge >= 0.3 is 0 Å². The van der Waals surface area contributed by atoms with Crippen LogP contribution in [-0.4, -0.2) is 17.5 Å². The summed E-state index contributed by atoms with van der Waals surface area (Å²) in [6.45, 7) is 7.34. The summed E-state index contributed by atoms with van der Waals surface area (Å²) in [5, 5.41) is 10.6. The summed E-state index contributed by atoms with van der Waals surface area (Å²) in [6.07, 6.45) is 20.8. The Morgan fingerprint density at radius 1 is 0.542 bits per heavy atom. The zero-order valence-electron chi connectivity index (χ0n) is 17.1. The highest BCUT2D eigenvalue weighted by atomic mass is 16.6. The molecule has 24 heavy (non-hydrogen) atoms. The average Bonchev–Trinajstić information content (AvgIpc) is 2.57. The van der Waals surface area contributed by atoms with E-state index in [1.165, 1.54) is 77.0 Å². The Balaban J connectivity index is 3.55. The lowest BCUT2D eigenvalue weighted by Crippen LogP contribution is -2.32. The highest BCUT2D eigenvalue weighted by Crippen LogP contribution is 2.23. The van der Waals surface area contributed by atoms with E-state index in [9.17, 15) is 5.11 Å². The fraction of sp³-hybridized carbons (Fsp3) is 1.00. The van der Waals surface area contributed by atoms with Gasteiger partial charge in [0.05, 0.1) is 6.61 Å². The molecule has 0 saturated heterocycles. The fourth-order valence-corrected chi connectivity index (χ4v) is 3.34. The van der Waals surface area contributed by atoms with Crippen LogP contribution in [0.5, 0.6) is 0 Å². The van der Waals surface area contributed by atoms with Crippen LogP contribution < -0.4 is 0 Å². The molecule has 0 fully saturated rings. The molecule has 0 aromatic carbocycles. The number of ether oxygens (including phenoxy) is 1. The predicted molar refractivity (Wildman–Crippen MR) is 106 cm³/mol. The maximum atomic E-state index is 10.6. The Morgan fingerprint density at radius 3 is 1.50 bits per heavy atom. The summed E-state index contributed by atoms with van der Waals surface area (Å²) in [6, 6.07) is 0. The van der Waals surface area contributed by atoms with Gasteiger partial charge in [-0.25, -0.2) is 0 Å². The topological polar surface area (TPSA) is 29.5 Å². The number of hydrogen-bond donors (Lipinski definition) is 1. The van der Waals surface area contributed by atoms with E-state index in [1.807, 2.05) is 0 Å². The first-order chi connectivity index (χ1) is 11.7. The van der Waals surface area contributed by atoms with Gasteiger partial charge in [0.1, 0.15) is 0 Å². The van der Waals surface area contributed by atoms with Crippen molar-refractivity contribution in [3.05, 3.63) is 0 Å². The van der Waals surface area contributed by atoms with Gasteiger partial charge < -0.3 is 9.84 Å². The zero-order chi connectivity index (χ0) is 17.9. The third-order valence-corrected chi connectivity index (χ3v) is 4.93. The third-order valence-electron chi connectivity index (χ3n) is 4.93. The van der Waals surface area contributed by atoms with E-state index < -0.39 is 5.79 Å². The van der Waals surface area contributed by atoms with E-state index in [1.54, 1.807) is 0 Å². The van der Waals surface area contributed by atoms with Crippen LogP contribution in [-0.2, 0) is 4.74 Å². The van der Waals surface area contributed by atoms with Crippen LogP contribution in [0.15, 0.2) is 0 Å². The summed E-state index contributed by atoms with van der Waals surface area (Å²) in [7, 11) is 0. The first-order valence-electron chi connectivity index (χ1n) is 11.0. The first kappa shape index (κ1) is 23.9. The lowest BCUT2D eigenvalue weighted by Gasteiger charge is -2.28. The number of unbranched alkanes of at least 4 members (excludes halogenated alkanes) is 12. The van der Waals surface area contributed by atoms with E-state index >= 15 is 0 Å². The predicted octanol–water partition coefficient (Wildman–Crippen LogP) is 7.38. The Morgan fingerprint density at radius 2 is 1.00 bits per heavy atom. The van der Waals surface area contributed by atoms with Crippen molar-refractivity contribution in [3.63, 3.8) is 0 Å². The molecule has 0 aliphatic rings. The molecule has 0 spiro atoms. The van der Waals surface area contributed by atoms with Crippen molar-refractivity contribution in [2.75, 3.05) is 6.61 Å². The molecule has 0 aromatic rings. The quantitative estimate of drug-likeness (QED) is 0.196. The molecule has 1 N–H and O–H groups in total. The molecule has 2 heteroatoms. The van der Waals surface area contributed by atoms with E-state index in [-0.39, 0.29) is 0 Å².